The first kappa shape index (κ1) is 18.6. The third-order valence-electron chi connectivity index (χ3n) is 4.14. The Morgan fingerprint density at radius 3 is 2.78 bits per heavy atom. The number of carbonyl (C=O) groups is 2. The van der Waals surface area contributed by atoms with E-state index in [1.807, 2.05) is 56.3 Å². The Bertz CT molecular complexity index is 876. The van der Waals surface area contributed by atoms with E-state index in [2.05, 4.69) is 10.4 Å². The monoisotopic (exact) mass is 365 g/mol. The number of benzene rings is 2. The lowest BCUT2D eigenvalue weighted by Crippen LogP contribution is -2.36. The summed E-state index contributed by atoms with van der Waals surface area (Å²) in [7, 11) is 0. The van der Waals surface area contributed by atoms with Gasteiger partial charge >= 0.3 is 0 Å². The Labute approximate surface area is 158 Å². The SMILES string of the molecule is CCCOc1ccccc1NC(=O)C1=NN(c2cccc(C)c2)C(=O)CC1. The molecule has 3 rings (SSSR count). The molecule has 0 bridgehead atoms. The van der Waals surface area contributed by atoms with Gasteiger partial charge in [0.25, 0.3) is 5.91 Å². The molecule has 0 atom stereocenters. The van der Waals surface area contributed by atoms with Gasteiger partial charge in [0.05, 0.1) is 18.0 Å². The number of amides is 2. The quantitative estimate of drug-likeness (QED) is 0.844. The normalized spacial score (nSPS) is 13.9. The largest absolute Gasteiger partial charge is 0.491 e. The molecule has 1 N–H and O–H groups in total. The van der Waals surface area contributed by atoms with Gasteiger partial charge in [0.2, 0.25) is 5.91 Å². The number of rotatable bonds is 6. The maximum atomic E-state index is 12.7. The molecular weight excluding hydrogens is 342 g/mol. The number of hydrazone groups is 1. The molecule has 2 aromatic carbocycles. The van der Waals surface area contributed by atoms with Crippen molar-refractivity contribution >= 4 is 28.9 Å². The van der Waals surface area contributed by atoms with Crippen LogP contribution in [0.4, 0.5) is 11.4 Å². The predicted molar refractivity (Wildman–Crippen MR) is 106 cm³/mol. The number of hydrogen-bond acceptors (Lipinski definition) is 4. The molecule has 0 unspecified atom stereocenters. The van der Waals surface area contributed by atoms with E-state index in [4.69, 9.17) is 4.74 Å². The van der Waals surface area contributed by atoms with Crippen LogP contribution in [0, 0.1) is 6.92 Å². The predicted octanol–water partition coefficient (Wildman–Crippen LogP) is 3.91. The zero-order valence-electron chi connectivity index (χ0n) is 15.6. The van der Waals surface area contributed by atoms with Gasteiger partial charge in [0.15, 0.2) is 0 Å². The minimum Gasteiger partial charge on any atom is -0.491 e. The molecule has 6 heteroatoms. The van der Waals surface area contributed by atoms with Crippen molar-refractivity contribution in [2.45, 2.75) is 33.1 Å². The number of nitrogens with zero attached hydrogens (tertiary/aromatic N) is 2. The van der Waals surface area contributed by atoms with Crippen LogP contribution >= 0.6 is 0 Å². The minimum atomic E-state index is -0.326. The van der Waals surface area contributed by atoms with Crippen LogP contribution in [0.25, 0.3) is 0 Å². The highest BCUT2D eigenvalue weighted by Crippen LogP contribution is 2.25. The van der Waals surface area contributed by atoms with Gasteiger partial charge in [0, 0.05) is 12.8 Å². The molecule has 1 heterocycles. The summed E-state index contributed by atoms with van der Waals surface area (Å²) >= 11 is 0. The molecule has 27 heavy (non-hydrogen) atoms. The number of anilines is 2. The molecule has 6 nitrogen and oxygen atoms in total. The van der Waals surface area contributed by atoms with E-state index in [9.17, 15) is 9.59 Å². The van der Waals surface area contributed by atoms with Gasteiger partial charge in [-0.25, -0.2) is 5.01 Å². The van der Waals surface area contributed by atoms with Crippen LogP contribution in [-0.4, -0.2) is 24.1 Å². The fourth-order valence-corrected chi connectivity index (χ4v) is 2.78. The van der Waals surface area contributed by atoms with Crippen LogP contribution in [0.1, 0.15) is 31.7 Å². The van der Waals surface area contributed by atoms with Crippen LogP contribution in [-0.2, 0) is 9.59 Å². The summed E-state index contributed by atoms with van der Waals surface area (Å²) in [6.45, 7) is 4.54. The Hall–Kier alpha value is -3.15. The molecule has 0 aliphatic carbocycles. The number of carbonyl (C=O) groups excluding carboxylic acids is 2. The first-order valence-electron chi connectivity index (χ1n) is 9.08. The number of nitrogens with one attached hydrogen (secondary N) is 1. The van der Waals surface area contributed by atoms with Crippen molar-refractivity contribution in [1.29, 1.82) is 0 Å². The summed E-state index contributed by atoms with van der Waals surface area (Å²) in [5.74, 6) is 0.173. The van der Waals surface area contributed by atoms with Crippen LogP contribution in [0.2, 0.25) is 0 Å². The Morgan fingerprint density at radius 1 is 1.19 bits per heavy atom. The van der Waals surface area contributed by atoms with E-state index < -0.39 is 0 Å². The molecular formula is C21H23N3O3. The van der Waals surface area contributed by atoms with Gasteiger partial charge in [-0.2, -0.15) is 5.10 Å². The molecule has 0 saturated heterocycles. The summed E-state index contributed by atoms with van der Waals surface area (Å²) in [6, 6.07) is 14.8. The first-order valence-corrected chi connectivity index (χ1v) is 9.08. The summed E-state index contributed by atoms with van der Waals surface area (Å²) in [6.07, 6.45) is 1.43. The summed E-state index contributed by atoms with van der Waals surface area (Å²) < 4.78 is 5.68. The Kier molecular flexibility index (Phi) is 5.86. The van der Waals surface area contributed by atoms with Crippen LogP contribution in [0.15, 0.2) is 53.6 Å². The minimum absolute atomic E-state index is 0.121. The van der Waals surface area contributed by atoms with Crippen LogP contribution in [0.3, 0.4) is 0 Å². The standard InChI is InChI=1S/C21H23N3O3/c1-3-13-27-19-10-5-4-9-17(19)22-21(26)18-11-12-20(25)24(23-18)16-8-6-7-15(2)14-16/h4-10,14H,3,11-13H2,1-2H3,(H,22,26). The maximum absolute atomic E-state index is 12.7. The molecule has 1 aliphatic rings. The highest BCUT2D eigenvalue weighted by Gasteiger charge is 2.26. The van der Waals surface area contributed by atoms with Crippen molar-refractivity contribution in [1.82, 2.24) is 0 Å². The highest BCUT2D eigenvalue weighted by atomic mass is 16.5. The van der Waals surface area contributed by atoms with E-state index in [0.29, 0.717) is 35.9 Å². The fourth-order valence-electron chi connectivity index (χ4n) is 2.78. The van der Waals surface area contributed by atoms with Crippen molar-refractivity contribution in [2.24, 2.45) is 5.10 Å². The van der Waals surface area contributed by atoms with E-state index in [-0.39, 0.29) is 18.2 Å². The number of para-hydroxylation sites is 2. The first-order chi connectivity index (χ1) is 13.1. The van der Waals surface area contributed by atoms with Crippen molar-refractivity contribution in [3.05, 3.63) is 54.1 Å². The average molecular weight is 365 g/mol. The maximum Gasteiger partial charge on any atom is 0.271 e. The highest BCUT2D eigenvalue weighted by molar-refractivity contribution is 6.44. The zero-order chi connectivity index (χ0) is 19.2. The van der Waals surface area contributed by atoms with Gasteiger partial charge in [-0.3, -0.25) is 9.59 Å². The number of ether oxygens (including phenoxy) is 1. The Morgan fingerprint density at radius 2 is 2.00 bits per heavy atom. The van der Waals surface area contributed by atoms with E-state index in [1.54, 1.807) is 6.07 Å². The van der Waals surface area contributed by atoms with Crippen molar-refractivity contribution in [2.75, 3.05) is 16.9 Å². The molecule has 2 aromatic rings. The third kappa shape index (κ3) is 4.53. The zero-order valence-corrected chi connectivity index (χ0v) is 15.6. The van der Waals surface area contributed by atoms with Crippen molar-refractivity contribution in [3.63, 3.8) is 0 Å². The van der Waals surface area contributed by atoms with Gasteiger partial charge in [0.1, 0.15) is 11.5 Å². The molecule has 0 spiro atoms. The molecule has 0 radical (unpaired) electrons. The van der Waals surface area contributed by atoms with Gasteiger partial charge < -0.3 is 10.1 Å². The summed E-state index contributed by atoms with van der Waals surface area (Å²) in [5.41, 5.74) is 2.60. The summed E-state index contributed by atoms with van der Waals surface area (Å²) in [5, 5.41) is 8.47. The molecule has 2 amide bonds. The molecule has 0 saturated carbocycles. The lowest BCUT2D eigenvalue weighted by molar-refractivity contribution is -0.118. The van der Waals surface area contributed by atoms with E-state index in [1.165, 1.54) is 5.01 Å². The second-order valence-corrected chi connectivity index (χ2v) is 6.39. The fraction of sp³-hybridized carbons (Fsp3) is 0.286. The van der Waals surface area contributed by atoms with Gasteiger partial charge in [-0.15, -0.1) is 0 Å². The van der Waals surface area contributed by atoms with Gasteiger partial charge in [-0.05, 0) is 43.2 Å². The molecule has 140 valence electrons. The van der Waals surface area contributed by atoms with E-state index >= 15 is 0 Å². The van der Waals surface area contributed by atoms with Crippen molar-refractivity contribution < 1.29 is 14.3 Å². The van der Waals surface area contributed by atoms with Crippen LogP contribution < -0.4 is 15.1 Å². The van der Waals surface area contributed by atoms with Gasteiger partial charge in [-0.1, -0.05) is 31.2 Å². The van der Waals surface area contributed by atoms with Crippen LogP contribution in [0.5, 0.6) is 5.75 Å². The topological polar surface area (TPSA) is 71.0 Å². The lowest BCUT2D eigenvalue weighted by Gasteiger charge is -2.23. The molecule has 0 aromatic heterocycles. The molecule has 0 fully saturated rings. The third-order valence-corrected chi connectivity index (χ3v) is 4.14. The summed E-state index contributed by atoms with van der Waals surface area (Å²) in [4.78, 5) is 25.0. The van der Waals surface area contributed by atoms with E-state index in [0.717, 1.165) is 12.0 Å². The lowest BCUT2D eigenvalue weighted by atomic mass is 10.1. The molecule has 1 aliphatic heterocycles. The smallest absolute Gasteiger partial charge is 0.271 e. The second kappa shape index (κ2) is 8.49. The number of hydrogen-bond donors (Lipinski definition) is 1. The second-order valence-electron chi connectivity index (χ2n) is 6.39. The Balaban J connectivity index is 1.80. The van der Waals surface area contributed by atoms with Crippen molar-refractivity contribution in [3.8, 4) is 5.75 Å². The number of aryl methyl sites for hydroxylation is 1. The average Bonchev–Trinajstić information content (AvgIpc) is 2.67.